The number of phenolic OH excluding ortho intramolecular Hbond substituents is 1. The molecule has 0 radical (unpaired) electrons. The van der Waals surface area contributed by atoms with E-state index < -0.39 is 6.04 Å². The van der Waals surface area contributed by atoms with Crippen LogP contribution in [0.4, 0.5) is 0 Å². The second-order valence-corrected chi connectivity index (χ2v) is 11.8. The predicted molar refractivity (Wildman–Crippen MR) is 186 cm³/mol. The van der Waals surface area contributed by atoms with Gasteiger partial charge in [0, 0.05) is 19.0 Å². The van der Waals surface area contributed by atoms with Crippen molar-refractivity contribution in [3.8, 4) is 5.75 Å². The summed E-state index contributed by atoms with van der Waals surface area (Å²) in [5.74, 6) is 0.0398. The van der Waals surface area contributed by atoms with Gasteiger partial charge in [-0.3, -0.25) is 9.59 Å². The van der Waals surface area contributed by atoms with E-state index in [2.05, 4.69) is 58.1 Å². The van der Waals surface area contributed by atoms with Crippen molar-refractivity contribution in [2.45, 2.75) is 125 Å². The molecule has 3 aromatic rings. The van der Waals surface area contributed by atoms with E-state index in [1.165, 1.54) is 6.42 Å². The first-order valence-electron chi connectivity index (χ1n) is 16.6. The van der Waals surface area contributed by atoms with Crippen molar-refractivity contribution in [3.05, 3.63) is 101 Å². The summed E-state index contributed by atoms with van der Waals surface area (Å²) in [4.78, 5) is 29.5. The molecule has 44 heavy (non-hydrogen) atoms. The van der Waals surface area contributed by atoms with Crippen molar-refractivity contribution in [2.24, 2.45) is 0 Å². The summed E-state index contributed by atoms with van der Waals surface area (Å²) in [6.07, 6.45) is 3.93. The number of hydrogen-bond donors (Lipinski definition) is 2. The van der Waals surface area contributed by atoms with Gasteiger partial charge in [-0.15, -0.1) is 0 Å². The number of rotatable bonds is 9. The monoisotopic (exact) mass is 602 g/mol. The van der Waals surface area contributed by atoms with Crippen LogP contribution in [-0.2, 0) is 28.0 Å². The van der Waals surface area contributed by atoms with Gasteiger partial charge >= 0.3 is 0 Å². The minimum absolute atomic E-state index is 0.0176. The summed E-state index contributed by atoms with van der Waals surface area (Å²) in [5, 5.41) is 12.7. The smallest absolute Gasteiger partial charge is 0.247 e. The van der Waals surface area contributed by atoms with Crippen LogP contribution in [0.3, 0.4) is 0 Å². The minimum Gasteiger partial charge on any atom is -0.508 e. The van der Waals surface area contributed by atoms with E-state index in [1.54, 1.807) is 12.1 Å². The first-order chi connectivity index (χ1) is 21.0. The summed E-state index contributed by atoms with van der Waals surface area (Å²) in [6.45, 7) is 21.2. The fraction of sp³-hybridized carbons (Fsp3) is 0.487. The Kier molecular flexibility index (Phi) is 17.1. The van der Waals surface area contributed by atoms with Crippen LogP contribution < -0.4 is 5.32 Å². The van der Waals surface area contributed by atoms with Gasteiger partial charge in [0.15, 0.2) is 0 Å². The first kappa shape index (κ1) is 38.4. The van der Waals surface area contributed by atoms with Gasteiger partial charge in [-0.25, -0.2) is 0 Å². The highest BCUT2D eigenvalue weighted by Gasteiger charge is 2.41. The van der Waals surface area contributed by atoms with Crippen LogP contribution >= 0.6 is 0 Å². The largest absolute Gasteiger partial charge is 0.508 e. The van der Waals surface area contributed by atoms with E-state index in [0.717, 1.165) is 40.7 Å². The lowest BCUT2D eigenvalue weighted by Gasteiger charge is -2.33. The number of nitrogens with one attached hydrogen (secondary N) is 1. The molecule has 0 aliphatic heterocycles. The minimum atomic E-state index is -0.689. The van der Waals surface area contributed by atoms with Crippen LogP contribution in [0.5, 0.6) is 5.75 Å². The van der Waals surface area contributed by atoms with E-state index in [9.17, 15) is 14.7 Å². The SMILES string of the molecule is CC.CC.CCC.Cc1ccc(C(C)(C)C)cc1C(C(=O)NCc1ccccc1)N(C(=O)CCc1ccc(O)cc1)C1CC1. The number of carbonyl (C=O) groups is 2. The van der Waals surface area contributed by atoms with Gasteiger partial charge in [-0.05, 0) is 71.6 Å². The molecule has 0 spiro atoms. The van der Waals surface area contributed by atoms with Crippen molar-refractivity contribution < 1.29 is 14.7 Å². The lowest BCUT2D eigenvalue weighted by Crippen LogP contribution is -2.45. The zero-order valence-electron chi connectivity index (χ0n) is 29.0. The standard InChI is InChI=1S/C32H38N2O3.C3H8.2C2H6/c1-22-10-14-25(32(2,3)4)20-28(22)30(31(37)33-21-24-8-6-5-7-9-24)34(26-15-16-26)29(36)19-13-23-11-17-27(35)18-12-23;1-3-2;2*1-2/h5-12,14,17-18,20,26,30,35H,13,15-16,19,21H2,1-4H3,(H,33,37);3H2,1-2H3;2*1-2H3. The highest BCUT2D eigenvalue weighted by Crippen LogP contribution is 2.38. The van der Waals surface area contributed by atoms with Gasteiger partial charge in [0.25, 0.3) is 0 Å². The van der Waals surface area contributed by atoms with Crippen molar-refractivity contribution in [1.29, 1.82) is 0 Å². The number of phenols is 1. The van der Waals surface area contributed by atoms with Gasteiger partial charge in [0.2, 0.25) is 11.8 Å². The van der Waals surface area contributed by atoms with E-state index in [1.807, 2.05) is 82.0 Å². The fourth-order valence-corrected chi connectivity index (χ4v) is 4.65. The number of nitrogens with zero attached hydrogens (tertiary/aromatic N) is 1. The van der Waals surface area contributed by atoms with Crippen molar-refractivity contribution in [3.63, 3.8) is 0 Å². The van der Waals surface area contributed by atoms with E-state index >= 15 is 0 Å². The summed E-state index contributed by atoms with van der Waals surface area (Å²) in [5.41, 5.74) is 4.96. The topological polar surface area (TPSA) is 69.6 Å². The molecule has 242 valence electrons. The Bertz CT molecular complexity index is 1240. The zero-order chi connectivity index (χ0) is 33.3. The molecular formula is C39H58N2O3. The van der Waals surface area contributed by atoms with Crippen LogP contribution in [0, 0.1) is 6.92 Å². The molecule has 2 N–H and O–H groups in total. The Labute approximate surface area is 268 Å². The Morgan fingerprint density at radius 3 is 1.98 bits per heavy atom. The fourth-order valence-electron chi connectivity index (χ4n) is 4.65. The molecule has 5 heteroatoms. The molecular weight excluding hydrogens is 544 g/mol. The normalized spacial score (nSPS) is 12.6. The summed E-state index contributed by atoms with van der Waals surface area (Å²) in [7, 11) is 0. The quantitative estimate of drug-likeness (QED) is 0.256. The Morgan fingerprint density at radius 1 is 0.886 bits per heavy atom. The molecule has 0 saturated heterocycles. The average Bonchev–Trinajstić information content (AvgIpc) is 3.86. The second kappa shape index (κ2) is 19.6. The Morgan fingerprint density at radius 2 is 1.45 bits per heavy atom. The molecule has 1 saturated carbocycles. The molecule has 1 unspecified atom stereocenters. The van der Waals surface area contributed by atoms with Gasteiger partial charge < -0.3 is 15.3 Å². The molecule has 4 rings (SSSR count). The summed E-state index contributed by atoms with van der Waals surface area (Å²) >= 11 is 0. The van der Waals surface area contributed by atoms with Gasteiger partial charge in [-0.1, -0.05) is 129 Å². The van der Waals surface area contributed by atoms with Crippen LogP contribution in [0.25, 0.3) is 0 Å². The maximum absolute atomic E-state index is 13.9. The van der Waals surface area contributed by atoms with Gasteiger partial charge in [-0.2, -0.15) is 0 Å². The number of aromatic hydroxyl groups is 1. The summed E-state index contributed by atoms with van der Waals surface area (Å²) in [6, 6.07) is 22.5. The lowest BCUT2D eigenvalue weighted by atomic mass is 9.84. The third kappa shape index (κ3) is 12.2. The van der Waals surface area contributed by atoms with Crippen LogP contribution in [0.1, 0.15) is 122 Å². The molecule has 0 aromatic heterocycles. The van der Waals surface area contributed by atoms with Crippen LogP contribution in [-0.4, -0.2) is 27.9 Å². The number of benzene rings is 3. The van der Waals surface area contributed by atoms with E-state index in [4.69, 9.17) is 0 Å². The maximum atomic E-state index is 13.9. The third-order valence-corrected chi connectivity index (χ3v) is 7.07. The predicted octanol–water partition coefficient (Wildman–Crippen LogP) is 9.45. The van der Waals surface area contributed by atoms with Gasteiger partial charge in [0.05, 0.1) is 0 Å². The molecule has 0 heterocycles. The van der Waals surface area contributed by atoms with Crippen LogP contribution in [0.2, 0.25) is 0 Å². The molecule has 5 nitrogen and oxygen atoms in total. The lowest BCUT2D eigenvalue weighted by molar-refractivity contribution is -0.141. The number of hydrogen-bond acceptors (Lipinski definition) is 3. The average molecular weight is 603 g/mol. The molecule has 1 aliphatic carbocycles. The highest BCUT2D eigenvalue weighted by molar-refractivity contribution is 5.89. The number of aryl methyl sites for hydroxylation is 2. The van der Waals surface area contributed by atoms with E-state index in [0.29, 0.717) is 19.4 Å². The van der Waals surface area contributed by atoms with Crippen molar-refractivity contribution in [1.82, 2.24) is 10.2 Å². The second-order valence-electron chi connectivity index (χ2n) is 11.8. The van der Waals surface area contributed by atoms with Gasteiger partial charge in [0.1, 0.15) is 11.8 Å². The Hall–Kier alpha value is -3.60. The number of carbonyl (C=O) groups excluding carboxylic acids is 2. The van der Waals surface area contributed by atoms with Crippen molar-refractivity contribution in [2.75, 3.05) is 0 Å². The van der Waals surface area contributed by atoms with Crippen molar-refractivity contribution >= 4 is 11.8 Å². The first-order valence-corrected chi connectivity index (χ1v) is 16.6. The van der Waals surface area contributed by atoms with E-state index in [-0.39, 0.29) is 29.0 Å². The molecule has 0 bridgehead atoms. The Balaban J connectivity index is 0.00000128. The third-order valence-electron chi connectivity index (χ3n) is 7.07. The molecule has 2 amide bonds. The molecule has 3 aromatic carbocycles. The van der Waals surface area contributed by atoms with Crippen LogP contribution in [0.15, 0.2) is 72.8 Å². The zero-order valence-corrected chi connectivity index (χ0v) is 29.0. The molecule has 1 atom stereocenters. The molecule has 1 aliphatic rings. The number of amides is 2. The highest BCUT2D eigenvalue weighted by atomic mass is 16.3. The summed E-state index contributed by atoms with van der Waals surface area (Å²) < 4.78 is 0. The maximum Gasteiger partial charge on any atom is 0.247 e. The molecule has 1 fully saturated rings.